The van der Waals surface area contributed by atoms with Crippen molar-refractivity contribution in [1.82, 2.24) is 14.8 Å². The van der Waals surface area contributed by atoms with E-state index in [9.17, 15) is 5.11 Å². The Kier molecular flexibility index (Phi) is 2.34. The fourth-order valence-corrected chi connectivity index (χ4v) is 1.90. The van der Waals surface area contributed by atoms with Gasteiger partial charge < -0.3 is 5.11 Å². The van der Waals surface area contributed by atoms with Crippen LogP contribution in [0.4, 0.5) is 0 Å². The topological polar surface area (TPSA) is 50.9 Å². The summed E-state index contributed by atoms with van der Waals surface area (Å²) >= 11 is 0. The van der Waals surface area contributed by atoms with Gasteiger partial charge in [0.2, 0.25) is 0 Å². The number of aliphatic hydroxyl groups excluding tert-OH is 1. The highest BCUT2D eigenvalue weighted by molar-refractivity contribution is 5.80. The van der Waals surface area contributed by atoms with Crippen molar-refractivity contribution in [2.24, 2.45) is 0 Å². The van der Waals surface area contributed by atoms with E-state index >= 15 is 0 Å². The molecule has 0 radical (unpaired) electrons. The number of aromatic nitrogens is 3. The van der Waals surface area contributed by atoms with E-state index in [1.165, 1.54) is 0 Å². The van der Waals surface area contributed by atoms with Gasteiger partial charge in [-0.2, -0.15) is 5.10 Å². The zero-order chi connectivity index (χ0) is 11.7. The highest BCUT2D eigenvalue weighted by Crippen LogP contribution is 2.19. The Morgan fingerprint density at radius 3 is 2.88 bits per heavy atom. The zero-order valence-corrected chi connectivity index (χ0v) is 9.11. The lowest BCUT2D eigenvalue weighted by molar-refractivity contribution is 0.281. The molecule has 0 saturated heterocycles. The van der Waals surface area contributed by atoms with Crippen LogP contribution in [-0.2, 0) is 6.61 Å². The van der Waals surface area contributed by atoms with E-state index in [-0.39, 0.29) is 6.61 Å². The quantitative estimate of drug-likeness (QED) is 0.724. The van der Waals surface area contributed by atoms with Gasteiger partial charge in [0, 0.05) is 17.1 Å². The first-order valence-corrected chi connectivity index (χ1v) is 5.37. The lowest BCUT2D eigenvalue weighted by atomic mass is 10.2. The Bertz CT molecular complexity index is 660. The molecule has 2 aromatic heterocycles. The largest absolute Gasteiger partial charge is 0.392 e. The molecule has 3 aromatic rings. The molecule has 2 heterocycles. The van der Waals surface area contributed by atoms with Crippen molar-refractivity contribution >= 4 is 10.9 Å². The van der Waals surface area contributed by atoms with E-state index in [0.717, 1.165) is 22.2 Å². The van der Waals surface area contributed by atoms with Gasteiger partial charge in [-0.3, -0.25) is 4.98 Å². The van der Waals surface area contributed by atoms with Crippen LogP contribution in [-0.4, -0.2) is 19.9 Å². The van der Waals surface area contributed by atoms with Crippen molar-refractivity contribution in [2.75, 3.05) is 0 Å². The maximum Gasteiger partial charge on any atom is 0.0891 e. The van der Waals surface area contributed by atoms with Gasteiger partial charge in [0.1, 0.15) is 0 Å². The number of nitrogens with zero attached hydrogens (tertiary/aromatic N) is 3. The van der Waals surface area contributed by atoms with E-state index < -0.39 is 0 Å². The van der Waals surface area contributed by atoms with E-state index in [1.807, 2.05) is 30.5 Å². The summed E-state index contributed by atoms with van der Waals surface area (Å²) in [6.45, 7) is -0.0218. The Morgan fingerprint density at radius 1 is 1.12 bits per heavy atom. The molecule has 3 rings (SSSR count). The SMILES string of the molecule is OCc1ccncc1-n1ncc2ccccc21. The highest BCUT2D eigenvalue weighted by atomic mass is 16.3. The van der Waals surface area contributed by atoms with Crippen LogP contribution in [0.1, 0.15) is 5.56 Å². The molecule has 0 amide bonds. The maximum atomic E-state index is 9.32. The molecule has 0 aliphatic carbocycles. The summed E-state index contributed by atoms with van der Waals surface area (Å²) in [6.07, 6.45) is 5.19. The molecule has 0 saturated carbocycles. The molecule has 4 heteroatoms. The van der Waals surface area contributed by atoms with Crippen LogP contribution in [0.25, 0.3) is 16.6 Å². The summed E-state index contributed by atoms with van der Waals surface area (Å²) in [6, 6.07) is 9.75. The number of para-hydroxylation sites is 1. The number of hydrogen-bond acceptors (Lipinski definition) is 3. The van der Waals surface area contributed by atoms with Gasteiger partial charge in [0.05, 0.1) is 30.2 Å². The average molecular weight is 225 g/mol. The summed E-state index contributed by atoms with van der Waals surface area (Å²) in [4.78, 5) is 4.08. The fourth-order valence-electron chi connectivity index (χ4n) is 1.90. The minimum absolute atomic E-state index is 0.0218. The minimum Gasteiger partial charge on any atom is -0.392 e. The van der Waals surface area contributed by atoms with Gasteiger partial charge in [-0.25, -0.2) is 4.68 Å². The van der Waals surface area contributed by atoms with E-state index in [0.29, 0.717) is 0 Å². The first-order chi connectivity index (χ1) is 8.40. The normalized spacial score (nSPS) is 10.9. The Hall–Kier alpha value is -2.20. The Balaban J connectivity index is 2.27. The molecule has 1 N–H and O–H groups in total. The average Bonchev–Trinajstić information content (AvgIpc) is 2.82. The Labute approximate surface area is 98.2 Å². The van der Waals surface area contributed by atoms with Gasteiger partial charge in [-0.1, -0.05) is 18.2 Å². The number of aliphatic hydroxyl groups is 1. The number of pyridine rings is 1. The summed E-state index contributed by atoms with van der Waals surface area (Å²) in [5.74, 6) is 0. The van der Waals surface area contributed by atoms with Gasteiger partial charge in [-0.15, -0.1) is 0 Å². The summed E-state index contributed by atoms with van der Waals surface area (Å²) < 4.78 is 1.80. The number of hydrogen-bond donors (Lipinski definition) is 1. The fraction of sp³-hybridized carbons (Fsp3) is 0.0769. The first-order valence-electron chi connectivity index (χ1n) is 5.37. The van der Waals surface area contributed by atoms with Crippen LogP contribution in [0.5, 0.6) is 0 Å². The van der Waals surface area contributed by atoms with Gasteiger partial charge in [0.25, 0.3) is 0 Å². The zero-order valence-electron chi connectivity index (χ0n) is 9.11. The second-order valence-electron chi connectivity index (χ2n) is 3.78. The maximum absolute atomic E-state index is 9.32. The molecular weight excluding hydrogens is 214 g/mol. The molecule has 0 aliphatic rings. The third-order valence-corrected chi connectivity index (χ3v) is 2.76. The smallest absolute Gasteiger partial charge is 0.0891 e. The van der Waals surface area contributed by atoms with Gasteiger partial charge >= 0.3 is 0 Å². The van der Waals surface area contributed by atoms with Crippen molar-refractivity contribution in [2.45, 2.75) is 6.61 Å². The molecule has 0 atom stereocenters. The number of fused-ring (bicyclic) bond motifs is 1. The molecule has 4 nitrogen and oxygen atoms in total. The van der Waals surface area contributed by atoms with Crippen LogP contribution in [0.3, 0.4) is 0 Å². The van der Waals surface area contributed by atoms with Crippen LogP contribution >= 0.6 is 0 Å². The number of benzene rings is 1. The van der Waals surface area contributed by atoms with E-state index in [1.54, 1.807) is 23.1 Å². The van der Waals surface area contributed by atoms with Crippen LogP contribution in [0.15, 0.2) is 48.9 Å². The first kappa shape index (κ1) is 9.99. The minimum atomic E-state index is -0.0218. The second-order valence-corrected chi connectivity index (χ2v) is 3.78. The molecule has 17 heavy (non-hydrogen) atoms. The predicted octanol–water partition coefficient (Wildman–Crippen LogP) is 1.91. The van der Waals surface area contributed by atoms with Crippen molar-refractivity contribution in [3.05, 3.63) is 54.5 Å². The monoisotopic (exact) mass is 225 g/mol. The lowest BCUT2D eigenvalue weighted by Crippen LogP contribution is -2.01. The molecule has 0 fully saturated rings. The standard InChI is InChI=1S/C13H11N3O/c17-9-11-5-6-14-8-13(11)16-12-4-2-1-3-10(12)7-15-16/h1-8,17H,9H2. The molecule has 84 valence electrons. The molecule has 0 spiro atoms. The van der Waals surface area contributed by atoms with Gasteiger partial charge in [0.15, 0.2) is 0 Å². The molecular formula is C13H11N3O. The van der Waals surface area contributed by atoms with Crippen LogP contribution in [0, 0.1) is 0 Å². The summed E-state index contributed by atoms with van der Waals surface area (Å²) in [5.41, 5.74) is 2.64. The molecule has 0 bridgehead atoms. The lowest BCUT2D eigenvalue weighted by Gasteiger charge is -2.07. The Morgan fingerprint density at radius 2 is 2.00 bits per heavy atom. The third kappa shape index (κ3) is 1.59. The third-order valence-electron chi connectivity index (χ3n) is 2.76. The van der Waals surface area contributed by atoms with Gasteiger partial charge in [-0.05, 0) is 12.1 Å². The molecule has 1 aromatic carbocycles. The van der Waals surface area contributed by atoms with Crippen LogP contribution in [0.2, 0.25) is 0 Å². The van der Waals surface area contributed by atoms with Crippen molar-refractivity contribution in [3.63, 3.8) is 0 Å². The van der Waals surface area contributed by atoms with E-state index in [4.69, 9.17) is 0 Å². The molecule has 0 aliphatic heterocycles. The summed E-state index contributed by atoms with van der Waals surface area (Å²) in [5, 5.41) is 14.7. The highest BCUT2D eigenvalue weighted by Gasteiger charge is 2.08. The number of rotatable bonds is 2. The van der Waals surface area contributed by atoms with Crippen molar-refractivity contribution in [1.29, 1.82) is 0 Å². The van der Waals surface area contributed by atoms with E-state index in [2.05, 4.69) is 10.1 Å². The van der Waals surface area contributed by atoms with Crippen molar-refractivity contribution in [3.8, 4) is 5.69 Å². The second kappa shape index (κ2) is 3.99. The van der Waals surface area contributed by atoms with Crippen molar-refractivity contribution < 1.29 is 5.11 Å². The predicted molar refractivity (Wildman–Crippen MR) is 64.8 cm³/mol. The molecule has 0 unspecified atom stereocenters. The van der Waals surface area contributed by atoms with Crippen LogP contribution < -0.4 is 0 Å². The summed E-state index contributed by atoms with van der Waals surface area (Å²) in [7, 11) is 0.